The van der Waals surface area contributed by atoms with E-state index in [1.165, 1.54) is 11.3 Å². The molecule has 0 amide bonds. The van der Waals surface area contributed by atoms with E-state index in [9.17, 15) is 4.79 Å². The Morgan fingerprint density at radius 2 is 2.00 bits per heavy atom. The van der Waals surface area contributed by atoms with Crippen LogP contribution in [-0.4, -0.2) is 18.2 Å². The molecule has 0 saturated carbocycles. The van der Waals surface area contributed by atoms with Crippen molar-refractivity contribution in [2.45, 2.75) is 20.5 Å². The van der Waals surface area contributed by atoms with Gasteiger partial charge in [-0.1, -0.05) is 11.6 Å². The molecule has 1 heterocycles. The van der Waals surface area contributed by atoms with Crippen molar-refractivity contribution in [2.75, 3.05) is 7.11 Å². The van der Waals surface area contributed by atoms with Gasteiger partial charge >= 0.3 is 5.97 Å². The molecule has 0 aliphatic carbocycles. The third kappa shape index (κ3) is 3.11. The number of aromatic carboxylic acids is 1. The fourth-order valence-corrected chi connectivity index (χ4v) is 2.72. The van der Waals surface area contributed by atoms with Gasteiger partial charge in [0.05, 0.1) is 7.11 Å². The van der Waals surface area contributed by atoms with Crippen LogP contribution in [0.2, 0.25) is 0 Å². The van der Waals surface area contributed by atoms with Crippen LogP contribution in [0.4, 0.5) is 0 Å². The maximum atomic E-state index is 11.1. The lowest BCUT2D eigenvalue weighted by Crippen LogP contribution is -2.02. The summed E-state index contributed by atoms with van der Waals surface area (Å²) in [7, 11) is 1.60. The number of carboxylic acid groups (broad SMARTS) is 1. The molecule has 0 saturated heterocycles. The Morgan fingerprint density at radius 1 is 1.25 bits per heavy atom. The highest BCUT2D eigenvalue weighted by Gasteiger charge is 2.16. The first-order chi connectivity index (χ1) is 9.51. The summed E-state index contributed by atoms with van der Waals surface area (Å²) in [4.78, 5) is 12.3. The summed E-state index contributed by atoms with van der Waals surface area (Å²) in [5.74, 6) is 0.178. The predicted octanol–water partition coefficient (Wildman–Crippen LogP) is 3.65. The smallest absolute Gasteiger partial charge is 0.349 e. The van der Waals surface area contributed by atoms with E-state index in [-0.39, 0.29) is 11.5 Å². The highest BCUT2D eigenvalue weighted by atomic mass is 32.1. The summed E-state index contributed by atoms with van der Waals surface area (Å²) in [5, 5.41) is 9.13. The summed E-state index contributed by atoms with van der Waals surface area (Å²) in [5.41, 5.74) is 2.00. The number of aryl methyl sites for hydroxylation is 2. The normalized spacial score (nSPS) is 10.3. The second-order valence-corrected chi connectivity index (χ2v) is 5.72. The molecule has 1 aromatic heterocycles. The number of benzene rings is 1. The lowest BCUT2D eigenvalue weighted by atomic mass is 10.1. The first-order valence-electron chi connectivity index (χ1n) is 6.11. The summed E-state index contributed by atoms with van der Waals surface area (Å²) >= 11 is 1.21. The van der Waals surface area contributed by atoms with Crippen molar-refractivity contribution in [1.29, 1.82) is 0 Å². The standard InChI is InChI=1S/C15H16O4S/c1-9-4-5-12(18-3)11(6-9)8-19-13-7-10(2)20-14(13)15(16)17/h4-7H,8H2,1-3H3,(H,16,17). The Bertz CT molecular complexity index is 631. The van der Waals surface area contributed by atoms with Crippen molar-refractivity contribution < 1.29 is 19.4 Å². The highest BCUT2D eigenvalue weighted by molar-refractivity contribution is 7.14. The molecule has 0 fully saturated rings. The van der Waals surface area contributed by atoms with E-state index in [1.807, 2.05) is 32.0 Å². The number of hydrogen-bond donors (Lipinski definition) is 1. The highest BCUT2D eigenvalue weighted by Crippen LogP contribution is 2.30. The van der Waals surface area contributed by atoms with E-state index in [0.717, 1.165) is 21.8 Å². The first-order valence-corrected chi connectivity index (χ1v) is 6.93. The average Bonchev–Trinajstić information content (AvgIpc) is 2.78. The minimum absolute atomic E-state index is 0.231. The second-order valence-electron chi connectivity index (χ2n) is 4.46. The van der Waals surface area contributed by atoms with Crippen LogP contribution in [0.15, 0.2) is 24.3 Å². The maximum Gasteiger partial charge on any atom is 0.349 e. The molecule has 0 radical (unpaired) electrons. The van der Waals surface area contributed by atoms with E-state index in [4.69, 9.17) is 14.6 Å². The van der Waals surface area contributed by atoms with Crippen molar-refractivity contribution in [2.24, 2.45) is 0 Å². The molecule has 0 aliphatic rings. The van der Waals surface area contributed by atoms with Gasteiger partial charge in [-0.15, -0.1) is 11.3 Å². The first kappa shape index (κ1) is 14.4. The predicted molar refractivity (Wildman–Crippen MR) is 78.1 cm³/mol. The SMILES string of the molecule is COc1ccc(C)cc1COc1cc(C)sc1C(=O)O. The Balaban J connectivity index is 2.20. The van der Waals surface area contributed by atoms with Crippen molar-refractivity contribution >= 4 is 17.3 Å². The molecular weight excluding hydrogens is 276 g/mol. The molecule has 5 heteroatoms. The van der Waals surface area contributed by atoms with Gasteiger partial charge < -0.3 is 14.6 Å². The van der Waals surface area contributed by atoms with Gasteiger partial charge in [0.1, 0.15) is 18.1 Å². The molecule has 1 aromatic carbocycles. The number of hydrogen-bond acceptors (Lipinski definition) is 4. The zero-order valence-electron chi connectivity index (χ0n) is 11.6. The molecule has 4 nitrogen and oxygen atoms in total. The maximum absolute atomic E-state index is 11.1. The van der Waals surface area contributed by atoms with Crippen LogP contribution in [0.5, 0.6) is 11.5 Å². The number of carboxylic acids is 1. The van der Waals surface area contributed by atoms with Gasteiger partial charge in [0, 0.05) is 10.4 Å². The number of rotatable bonds is 5. The van der Waals surface area contributed by atoms with E-state index in [1.54, 1.807) is 13.2 Å². The quantitative estimate of drug-likeness (QED) is 0.914. The van der Waals surface area contributed by atoms with E-state index in [0.29, 0.717) is 5.75 Å². The fourth-order valence-electron chi connectivity index (χ4n) is 1.92. The monoisotopic (exact) mass is 292 g/mol. The minimum atomic E-state index is -0.964. The molecule has 0 bridgehead atoms. The van der Waals surface area contributed by atoms with Crippen LogP contribution in [0, 0.1) is 13.8 Å². The van der Waals surface area contributed by atoms with Gasteiger partial charge in [0.25, 0.3) is 0 Å². The molecule has 0 aliphatic heterocycles. The minimum Gasteiger partial charge on any atom is -0.496 e. The van der Waals surface area contributed by atoms with E-state index >= 15 is 0 Å². The lowest BCUT2D eigenvalue weighted by molar-refractivity contribution is 0.0697. The van der Waals surface area contributed by atoms with Crippen molar-refractivity contribution in [3.8, 4) is 11.5 Å². The van der Waals surface area contributed by atoms with Crippen LogP contribution in [0.25, 0.3) is 0 Å². The Hall–Kier alpha value is -2.01. The Kier molecular flexibility index (Phi) is 4.29. The molecular formula is C15H16O4S. The third-order valence-electron chi connectivity index (χ3n) is 2.83. The third-order valence-corrected chi connectivity index (χ3v) is 3.85. The van der Waals surface area contributed by atoms with E-state index in [2.05, 4.69) is 0 Å². The Labute approximate surface area is 121 Å². The molecule has 0 atom stereocenters. The van der Waals surface area contributed by atoms with Gasteiger partial charge in [-0.3, -0.25) is 0 Å². The largest absolute Gasteiger partial charge is 0.496 e. The van der Waals surface area contributed by atoms with Gasteiger partial charge in [0.15, 0.2) is 4.88 Å². The molecule has 2 rings (SSSR count). The summed E-state index contributed by atoms with van der Waals surface area (Å²) < 4.78 is 10.9. The van der Waals surface area contributed by atoms with Crippen LogP contribution < -0.4 is 9.47 Å². The molecule has 20 heavy (non-hydrogen) atoms. The molecule has 106 valence electrons. The Morgan fingerprint density at radius 3 is 2.65 bits per heavy atom. The number of thiophene rings is 1. The molecule has 2 aromatic rings. The summed E-state index contributed by atoms with van der Waals surface area (Å²) in [6.07, 6.45) is 0. The zero-order valence-corrected chi connectivity index (χ0v) is 12.4. The second kappa shape index (κ2) is 5.96. The van der Waals surface area contributed by atoms with Crippen LogP contribution in [0.3, 0.4) is 0 Å². The number of ether oxygens (including phenoxy) is 2. The van der Waals surface area contributed by atoms with Crippen LogP contribution >= 0.6 is 11.3 Å². The fraction of sp³-hybridized carbons (Fsp3) is 0.267. The van der Waals surface area contributed by atoms with Gasteiger partial charge in [-0.25, -0.2) is 4.79 Å². The van der Waals surface area contributed by atoms with Crippen LogP contribution in [-0.2, 0) is 6.61 Å². The molecule has 0 unspecified atom stereocenters. The molecule has 1 N–H and O–H groups in total. The summed E-state index contributed by atoms with van der Waals surface area (Å²) in [6.45, 7) is 4.12. The van der Waals surface area contributed by atoms with Gasteiger partial charge in [-0.05, 0) is 32.0 Å². The van der Waals surface area contributed by atoms with Crippen molar-refractivity contribution in [1.82, 2.24) is 0 Å². The summed E-state index contributed by atoms with van der Waals surface area (Å²) in [6, 6.07) is 7.56. The topological polar surface area (TPSA) is 55.8 Å². The lowest BCUT2D eigenvalue weighted by Gasteiger charge is -2.10. The van der Waals surface area contributed by atoms with E-state index < -0.39 is 5.97 Å². The van der Waals surface area contributed by atoms with Gasteiger partial charge in [-0.2, -0.15) is 0 Å². The number of carbonyl (C=O) groups is 1. The van der Waals surface area contributed by atoms with Crippen molar-refractivity contribution in [3.63, 3.8) is 0 Å². The zero-order chi connectivity index (χ0) is 14.7. The molecule has 0 spiro atoms. The van der Waals surface area contributed by atoms with Crippen molar-refractivity contribution in [3.05, 3.63) is 45.1 Å². The van der Waals surface area contributed by atoms with Crippen LogP contribution in [0.1, 0.15) is 25.7 Å². The average molecular weight is 292 g/mol. The van der Waals surface area contributed by atoms with Gasteiger partial charge in [0.2, 0.25) is 0 Å². The number of methoxy groups -OCH3 is 1.